The number of aryl methyl sites for hydroxylation is 1. The molecule has 0 amide bonds. The highest BCUT2D eigenvalue weighted by molar-refractivity contribution is 5.83. The molecule has 1 aromatic rings. The molecule has 0 atom stereocenters. The Hall–Kier alpha value is -1.38. The quantitative estimate of drug-likeness (QED) is 0.491. The lowest BCUT2D eigenvalue weighted by Crippen LogP contribution is -1.98. The monoisotopic (exact) mass is 153 g/mol. The molecule has 0 unspecified atom stereocenters. The summed E-state index contributed by atoms with van der Waals surface area (Å²) in [6.45, 7) is 1.60. The maximum atomic E-state index is 12.9. The fraction of sp³-hybridized carbons (Fsp3) is 0.125. The molecule has 0 bridgehead atoms. The van der Waals surface area contributed by atoms with Crippen molar-refractivity contribution >= 4 is 12.0 Å². The smallest absolute Gasteiger partial charge is 0.152 e. The average Bonchev–Trinajstić information content (AvgIpc) is 2.01. The van der Waals surface area contributed by atoms with E-state index in [2.05, 4.69) is 0 Å². The third kappa shape index (κ3) is 1.22. The van der Waals surface area contributed by atoms with E-state index in [4.69, 9.17) is 5.73 Å². The zero-order valence-corrected chi connectivity index (χ0v) is 6.10. The molecule has 58 valence electrons. The summed E-state index contributed by atoms with van der Waals surface area (Å²) < 4.78 is 12.9. The van der Waals surface area contributed by atoms with Crippen LogP contribution in [-0.2, 0) is 0 Å². The number of rotatable bonds is 1. The number of carbonyl (C=O) groups excluding carboxylic acids is 1. The molecule has 2 nitrogen and oxygen atoms in total. The molecule has 0 aliphatic rings. The second-order valence-corrected chi connectivity index (χ2v) is 2.32. The topological polar surface area (TPSA) is 43.1 Å². The van der Waals surface area contributed by atoms with Crippen LogP contribution in [0, 0.1) is 12.7 Å². The van der Waals surface area contributed by atoms with E-state index in [0.29, 0.717) is 11.8 Å². The largest absolute Gasteiger partial charge is 0.396 e. The van der Waals surface area contributed by atoms with Gasteiger partial charge in [0, 0.05) is 5.56 Å². The Labute approximate surface area is 63.8 Å². The molecule has 0 saturated carbocycles. The van der Waals surface area contributed by atoms with Gasteiger partial charge >= 0.3 is 0 Å². The first-order chi connectivity index (χ1) is 5.16. The van der Waals surface area contributed by atoms with Crippen molar-refractivity contribution in [3.8, 4) is 0 Å². The number of anilines is 1. The van der Waals surface area contributed by atoms with Gasteiger partial charge in [-0.25, -0.2) is 4.39 Å². The van der Waals surface area contributed by atoms with Crippen LogP contribution in [-0.4, -0.2) is 6.29 Å². The van der Waals surface area contributed by atoms with Crippen LogP contribution in [0.2, 0.25) is 0 Å². The van der Waals surface area contributed by atoms with Gasteiger partial charge in [0.1, 0.15) is 5.82 Å². The minimum Gasteiger partial charge on any atom is -0.396 e. The fourth-order valence-corrected chi connectivity index (χ4v) is 0.820. The summed E-state index contributed by atoms with van der Waals surface area (Å²) in [6, 6.07) is 3.02. The molecule has 3 heteroatoms. The number of carbonyl (C=O) groups is 1. The third-order valence-electron chi connectivity index (χ3n) is 1.53. The van der Waals surface area contributed by atoms with Crippen molar-refractivity contribution in [3.63, 3.8) is 0 Å². The standard InChI is InChI=1S/C8H8FNO/c1-5-2-3-6(4-11)8(10)7(5)9/h2-4H,10H2,1H3. The number of halogens is 1. The maximum Gasteiger partial charge on any atom is 0.152 e. The number of nitrogens with two attached hydrogens (primary N) is 1. The summed E-state index contributed by atoms with van der Waals surface area (Å²) in [5.74, 6) is -0.505. The Morgan fingerprint density at radius 3 is 2.73 bits per heavy atom. The van der Waals surface area contributed by atoms with Gasteiger partial charge in [0.05, 0.1) is 5.69 Å². The molecule has 0 heterocycles. The van der Waals surface area contributed by atoms with Crippen LogP contribution in [0.3, 0.4) is 0 Å². The van der Waals surface area contributed by atoms with E-state index >= 15 is 0 Å². The second-order valence-electron chi connectivity index (χ2n) is 2.32. The van der Waals surface area contributed by atoms with E-state index in [1.807, 2.05) is 0 Å². The minimum absolute atomic E-state index is 0.0694. The number of hydrogen-bond acceptors (Lipinski definition) is 2. The Balaban J connectivity index is 3.36. The van der Waals surface area contributed by atoms with Crippen molar-refractivity contribution < 1.29 is 9.18 Å². The first-order valence-corrected chi connectivity index (χ1v) is 3.16. The van der Waals surface area contributed by atoms with Crippen molar-refractivity contribution in [1.29, 1.82) is 0 Å². The third-order valence-corrected chi connectivity index (χ3v) is 1.53. The van der Waals surface area contributed by atoms with E-state index in [0.717, 1.165) is 0 Å². The van der Waals surface area contributed by atoms with Crippen molar-refractivity contribution in [1.82, 2.24) is 0 Å². The van der Waals surface area contributed by atoms with Crippen LogP contribution in [0.25, 0.3) is 0 Å². The van der Waals surface area contributed by atoms with E-state index in [9.17, 15) is 9.18 Å². The van der Waals surface area contributed by atoms with Gasteiger partial charge in [-0.2, -0.15) is 0 Å². The average molecular weight is 153 g/mol. The molecule has 0 fully saturated rings. The van der Waals surface area contributed by atoms with Crippen molar-refractivity contribution in [3.05, 3.63) is 29.1 Å². The van der Waals surface area contributed by atoms with E-state index in [-0.39, 0.29) is 11.3 Å². The van der Waals surface area contributed by atoms with E-state index < -0.39 is 5.82 Å². The van der Waals surface area contributed by atoms with Crippen LogP contribution in [0.15, 0.2) is 12.1 Å². The van der Waals surface area contributed by atoms with Gasteiger partial charge in [-0.3, -0.25) is 4.79 Å². The molecule has 0 aliphatic carbocycles. The van der Waals surface area contributed by atoms with Gasteiger partial charge in [0.25, 0.3) is 0 Å². The zero-order valence-electron chi connectivity index (χ0n) is 6.10. The lowest BCUT2D eigenvalue weighted by Gasteiger charge is -2.01. The number of aldehydes is 1. The molecule has 0 saturated heterocycles. The minimum atomic E-state index is -0.505. The van der Waals surface area contributed by atoms with E-state index in [1.54, 1.807) is 6.92 Å². The van der Waals surface area contributed by atoms with Gasteiger partial charge in [-0.05, 0) is 18.6 Å². The van der Waals surface area contributed by atoms with Crippen molar-refractivity contribution in [2.45, 2.75) is 6.92 Å². The Morgan fingerprint density at radius 1 is 1.55 bits per heavy atom. The number of hydrogen-bond donors (Lipinski definition) is 1. The molecule has 0 spiro atoms. The summed E-state index contributed by atoms with van der Waals surface area (Å²) in [5, 5.41) is 0. The molecule has 11 heavy (non-hydrogen) atoms. The van der Waals surface area contributed by atoms with Crippen LogP contribution in [0.1, 0.15) is 15.9 Å². The molecule has 0 aromatic heterocycles. The van der Waals surface area contributed by atoms with Crippen LogP contribution < -0.4 is 5.73 Å². The SMILES string of the molecule is Cc1ccc(C=O)c(N)c1F. The first kappa shape index (κ1) is 7.72. The zero-order chi connectivity index (χ0) is 8.43. The summed E-state index contributed by atoms with van der Waals surface area (Å²) >= 11 is 0. The van der Waals surface area contributed by atoms with Crippen LogP contribution >= 0.6 is 0 Å². The van der Waals surface area contributed by atoms with Gasteiger partial charge in [-0.1, -0.05) is 6.07 Å². The predicted molar refractivity (Wildman–Crippen MR) is 40.9 cm³/mol. The summed E-state index contributed by atoms with van der Waals surface area (Å²) in [7, 11) is 0. The number of benzene rings is 1. The lowest BCUT2D eigenvalue weighted by molar-refractivity contribution is 0.112. The summed E-state index contributed by atoms with van der Waals surface area (Å²) in [6.07, 6.45) is 0.540. The first-order valence-electron chi connectivity index (χ1n) is 3.16. The van der Waals surface area contributed by atoms with Crippen molar-refractivity contribution in [2.24, 2.45) is 0 Å². The number of nitrogen functional groups attached to an aromatic ring is 1. The Morgan fingerprint density at radius 2 is 2.18 bits per heavy atom. The van der Waals surface area contributed by atoms with Gasteiger partial charge in [0.2, 0.25) is 0 Å². The lowest BCUT2D eigenvalue weighted by atomic mass is 10.1. The highest BCUT2D eigenvalue weighted by Gasteiger charge is 2.05. The highest BCUT2D eigenvalue weighted by Crippen LogP contribution is 2.17. The van der Waals surface area contributed by atoms with Crippen LogP contribution in [0.4, 0.5) is 10.1 Å². The summed E-state index contributed by atoms with van der Waals surface area (Å²) in [5.41, 5.74) is 5.87. The summed E-state index contributed by atoms with van der Waals surface area (Å²) in [4.78, 5) is 10.2. The molecule has 0 radical (unpaired) electrons. The molecule has 1 rings (SSSR count). The molecular formula is C8H8FNO. The van der Waals surface area contributed by atoms with Crippen molar-refractivity contribution in [2.75, 3.05) is 5.73 Å². The normalized spacial score (nSPS) is 9.64. The van der Waals surface area contributed by atoms with E-state index in [1.165, 1.54) is 12.1 Å². The van der Waals surface area contributed by atoms with Gasteiger partial charge in [-0.15, -0.1) is 0 Å². The molecule has 2 N–H and O–H groups in total. The fourth-order valence-electron chi connectivity index (χ4n) is 0.820. The second kappa shape index (κ2) is 2.70. The Kier molecular flexibility index (Phi) is 1.89. The molecule has 1 aromatic carbocycles. The van der Waals surface area contributed by atoms with Gasteiger partial charge in [0.15, 0.2) is 6.29 Å². The maximum absolute atomic E-state index is 12.9. The molecule has 0 aliphatic heterocycles. The van der Waals surface area contributed by atoms with Crippen LogP contribution in [0.5, 0.6) is 0 Å². The highest BCUT2D eigenvalue weighted by atomic mass is 19.1. The van der Waals surface area contributed by atoms with Gasteiger partial charge < -0.3 is 5.73 Å². The predicted octanol–water partition coefficient (Wildman–Crippen LogP) is 1.53. The molecular weight excluding hydrogens is 145 g/mol. The Bertz CT molecular complexity index is 296.